The van der Waals surface area contributed by atoms with Crippen LogP contribution in [-0.4, -0.2) is 4.98 Å². The minimum absolute atomic E-state index is 0.905. The third-order valence-corrected chi connectivity index (χ3v) is 4.39. The predicted molar refractivity (Wildman–Crippen MR) is 103 cm³/mol. The van der Waals surface area contributed by atoms with Crippen molar-refractivity contribution in [2.45, 2.75) is 19.8 Å². The zero-order chi connectivity index (χ0) is 16.4. The molecule has 0 atom stereocenters. The van der Waals surface area contributed by atoms with Crippen LogP contribution in [0.2, 0.25) is 0 Å². The van der Waals surface area contributed by atoms with Crippen molar-refractivity contribution in [2.24, 2.45) is 0 Å². The summed E-state index contributed by atoms with van der Waals surface area (Å²) in [6.07, 6.45) is 4.11. The van der Waals surface area contributed by atoms with E-state index >= 15 is 0 Å². The van der Waals surface area contributed by atoms with E-state index in [9.17, 15) is 0 Å². The number of fused-ring (bicyclic) bond motifs is 2. The van der Waals surface area contributed by atoms with Crippen LogP contribution in [-0.2, 0) is 6.42 Å². The normalized spacial score (nSPS) is 11.0. The molecule has 0 bridgehead atoms. The van der Waals surface area contributed by atoms with Gasteiger partial charge in [0.05, 0.1) is 5.69 Å². The van der Waals surface area contributed by atoms with Crippen LogP contribution in [0.15, 0.2) is 72.9 Å². The number of hydrogen-bond donors (Lipinski definition) is 1. The van der Waals surface area contributed by atoms with E-state index in [-0.39, 0.29) is 0 Å². The number of anilines is 2. The maximum atomic E-state index is 4.52. The first-order valence-electron chi connectivity index (χ1n) is 8.47. The van der Waals surface area contributed by atoms with E-state index in [2.05, 4.69) is 84.0 Å². The maximum Gasteiger partial charge on any atom is 0.130 e. The molecule has 0 aliphatic heterocycles. The Morgan fingerprint density at radius 1 is 0.833 bits per heavy atom. The number of benzene rings is 3. The SMILES string of the molecule is CCCc1ccnc(Nc2c3ccccc3cc3ccccc23)c1. The number of nitrogens with zero attached hydrogens (tertiary/aromatic N) is 1. The van der Waals surface area contributed by atoms with Gasteiger partial charge in [0.1, 0.15) is 5.82 Å². The molecule has 4 rings (SSSR count). The van der Waals surface area contributed by atoms with Gasteiger partial charge in [0.2, 0.25) is 0 Å². The number of rotatable bonds is 4. The van der Waals surface area contributed by atoms with Crippen LogP contribution in [0.25, 0.3) is 21.5 Å². The molecule has 1 N–H and O–H groups in total. The molecule has 0 saturated heterocycles. The molecule has 0 saturated carbocycles. The topological polar surface area (TPSA) is 24.9 Å². The fourth-order valence-electron chi connectivity index (χ4n) is 3.26. The fraction of sp³-hybridized carbons (Fsp3) is 0.136. The highest BCUT2D eigenvalue weighted by atomic mass is 15.0. The van der Waals surface area contributed by atoms with Crippen molar-refractivity contribution in [3.63, 3.8) is 0 Å². The number of nitrogens with one attached hydrogen (secondary N) is 1. The van der Waals surface area contributed by atoms with E-state index in [0.29, 0.717) is 0 Å². The first-order chi connectivity index (χ1) is 11.8. The van der Waals surface area contributed by atoms with Crippen LogP contribution in [0.5, 0.6) is 0 Å². The molecule has 1 aromatic heterocycles. The van der Waals surface area contributed by atoms with Gasteiger partial charge in [0, 0.05) is 17.0 Å². The molecular weight excluding hydrogens is 292 g/mol. The van der Waals surface area contributed by atoms with E-state index in [1.807, 2.05) is 6.20 Å². The highest BCUT2D eigenvalue weighted by Crippen LogP contribution is 2.34. The van der Waals surface area contributed by atoms with Gasteiger partial charge in [-0.15, -0.1) is 0 Å². The Kier molecular flexibility index (Phi) is 3.87. The van der Waals surface area contributed by atoms with Gasteiger partial charge in [-0.05, 0) is 41.0 Å². The molecule has 0 radical (unpaired) electrons. The fourth-order valence-corrected chi connectivity index (χ4v) is 3.26. The van der Waals surface area contributed by atoms with Crippen LogP contribution in [0.4, 0.5) is 11.5 Å². The summed E-state index contributed by atoms with van der Waals surface area (Å²) < 4.78 is 0. The Hall–Kier alpha value is -2.87. The summed E-state index contributed by atoms with van der Waals surface area (Å²) >= 11 is 0. The van der Waals surface area contributed by atoms with Crippen molar-refractivity contribution in [1.29, 1.82) is 0 Å². The van der Waals surface area contributed by atoms with Gasteiger partial charge in [0.15, 0.2) is 0 Å². The van der Waals surface area contributed by atoms with Crippen LogP contribution in [0, 0.1) is 0 Å². The first kappa shape index (κ1) is 14.7. The van der Waals surface area contributed by atoms with E-state index in [0.717, 1.165) is 24.3 Å². The Balaban J connectivity index is 1.89. The van der Waals surface area contributed by atoms with E-state index < -0.39 is 0 Å². The van der Waals surface area contributed by atoms with Gasteiger partial charge >= 0.3 is 0 Å². The molecule has 3 aromatic carbocycles. The van der Waals surface area contributed by atoms with Crippen molar-refractivity contribution < 1.29 is 0 Å². The van der Waals surface area contributed by atoms with Crippen LogP contribution >= 0.6 is 0 Å². The van der Waals surface area contributed by atoms with Gasteiger partial charge < -0.3 is 5.32 Å². The van der Waals surface area contributed by atoms with Crippen molar-refractivity contribution in [1.82, 2.24) is 4.98 Å². The van der Waals surface area contributed by atoms with Gasteiger partial charge in [-0.25, -0.2) is 4.98 Å². The lowest BCUT2D eigenvalue weighted by Crippen LogP contribution is -1.97. The molecule has 0 spiro atoms. The Bertz CT molecular complexity index is 951. The molecule has 118 valence electrons. The molecule has 0 fully saturated rings. The Labute approximate surface area is 142 Å². The number of hydrogen-bond acceptors (Lipinski definition) is 2. The van der Waals surface area contributed by atoms with Crippen molar-refractivity contribution in [2.75, 3.05) is 5.32 Å². The average molecular weight is 312 g/mol. The molecule has 0 aliphatic rings. The van der Waals surface area contributed by atoms with Crippen LogP contribution < -0.4 is 5.32 Å². The molecule has 24 heavy (non-hydrogen) atoms. The minimum atomic E-state index is 0.905. The van der Waals surface area contributed by atoms with E-state index in [4.69, 9.17) is 0 Å². The third kappa shape index (κ3) is 2.71. The van der Waals surface area contributed by atoms with Crippen LogP contribution in [0.3, 0.4) is 0 Å². The number of pyridine rings is 1. The maximum absolute atomic E-state index is 4.52. The summed E-state index contributed by atoms with van der Waals surface area (Å²) in [5, 5.41) is 8.50. The van der Waals surface area contributed by atoms with Gasteiger partial charge in [-0.1, -0.05) is 61.9 Å². The summed E-state index contributed by atoms with van der Waals surface area (Å²) in [5.74, 6) is 0.905. The highest BCUT2D eigenvalue weighted by Gasteiger charge is 2.08. The summed E-state index contributed by atoms with van der Waals surface area (Å²) in [6.45, 7) is 2.20. The lowest BCUT2D eigenvalue weighted by molar-refractivity contribution is 0.919. The van der Waals surface area contributed by atoms with Crippen molar-refractivity contribution in [3.05, 3.63) is 78.5 Å². The standard InChI is InChI=1S/C22H20N2/c1-2-7-16-12-13-23-21(14-16)24-22-19-10-5-3-8-17(19)15-18-9-4-6-11-20(18)22/h3-6,8-15H,2,7H2,1H3,(H,23,24). The minimum Gasteiger partial charge on any atom is -0.339 e. The Morgan fingerprint density at radius 3 is 2.17 bits per heavy atom. The summed E-state index contributed by atoms with van der Waals surface area (Å²) in [6, 6.07) is 23.5. The third-order valence-electron chi connectivity index (χ3n) is 4.39. The second-order valence-corrected chi connectivity index (χ2v) is 6.12. The van der Waals surface area contributed by atoms with E-state index in [1.165, 1.54) is 27.1 Å². The van der Waals surface area contributed by atoms with E-state index in [1.54, 1.807) is 0 Å². The van der Waals surface area contributed by atoms with Crippen LogP contribution in [0.1, 0.15) is 18.9 Å². The average Bonchev–Trinajstić information content (AvgIpc) is 2.62. The van der Waals surface area contributed by atoms with Crippen molar-refractivity contribution in [3.8, 4) is 0 Å². The monoisotopic (exact) mass is 312 g/mol. The summed E-state index contributed by atoms with van der Waals surface area (Å²) in [7, 11) is 0. The second kappa shape index (κ2) is 6.32. The molecule has 2 nitrogen and oxygen atoms in total. The molecule has 2 heteroatoms. The molecular formula is C22H20N2. The zero-order valence-electron chi connectivity index (χ0n) is 13.8. The lowest BCUT2D eigenvalue weighted by Gasteiger charge is -2.14. The van der Waals surface area contributed by atoms with Gasteiger partial charge in [-0.2, -0.15) is 0 Å². The lowest BCUT2D eigenvalue weighted by atomic mass is 10.0. The van der Waals surface area contributed by atoms with Gasteiger partial charge in [-0.3, -0.25) is 0 Å². The molecule has 1 heterocycles. The Morgan fingerprint density at radius 2 is 1.50 bits per heavy atom. The molecule has 0 amide bonds. The first-order valence-corrected chi connectivity index (χ1v) is 8.47. The number of aryl methyl sites for hydroxylation is 1. The quantitative estimate of drug-likeness (QED) is 0.462. The largest absolute Gasteiger partial charge is 0.339 e. The smallest absolute Gasteiger partial charge is 0.130 e. The molecule has 0 aliphatic carbocycles. The molecule has 4 aromatic rings. The summed E-state index contributed by atoms with van der Waals surface area (Å²) in [5.41, 5.74) is 2.45. The van der Waals surface area contributed by atoms with Crippen molar-refractivity contribution >= 4 is 33.1 Å². The summed E-state index contributed by atoms with van der Waals surface area (Å²) in [4.78, 5) is 4.52. The zero-order valence-corrected chi connectivity index (χ0v) is 13.8. The second-order valence-electron chi connectivity index (χ2n) is 6.12. The molecule has 0 unspecified atom stereocenters. The highest BCUT2D eigenvalue weighted by molar-refractivity contribution is 6.11. The predicted octanol–water partition coefficient (Wildman–Crippen LogP) is 6.08. The van der Waals surface area contributed by atoms with Gasteiger partial charge in [0.25, 0.3) is 0 Å². The number of aromatic nitrogens is 1.